The quantitative estimate of drug-likeness (QED) is 0.714. The summed E-state index contributed by atoms with van der Waals surface area (Å²) in [4.78, 5) is 0. The van der Waals surface area contributed by atoms with Crippen molar-refractivity contribution in [2.24, 2.45) is 0 Å². The first kappa shape index (κ1) is 15.0. The van der Waals surface area contributed by atoms with Crippen LogP contribution in [0.5, 0.6) is 5.75 Å². The van der Waals surface area contributed by atoms with Gasteiger partial charge < -0.3 is 4.74 Å². The Labute approximate surface area is 123 Å². The molecule has 2 aromatic rings. The van der Waals surface area contributed by atoms with Crippen molar-refractivity contribution >= 4 is 23.2 Å². The van der Waals surface area contributed by atoms with E-state index in [4.69, 9.17) is 27.9 Å². The largest absolute Gasteiger partial charge is 0.483 e. The molecule has 2 aromatic carbocycles. The highest BCUT2D eigenvalue weighted by atomic mass is 35.5. The first-order valence-electron chi connectivity index (χ1n) is 5.62. The van der Waals surface area contributed by atoms with Crippen molar-refractivity contribution in [3.8, 4) is 5.75 Å². The van der Waals surface area contributed by atoms with Crippen LogP contribution in [0.2, 0.25) is 5.02 Å². The lowest BCUT2D eigenvalue weighted by atomic mass is 10.2. The third kappa shape index (κ3) is 3.19. The second-order valence-corrected chi connectivity index (χ2v) is 4.67. The molecule has 0 spiro atoms. The lowest BCUT2D eigenvalue weighted by Crippen LogP contribution is -2.02. The van der Waals surface area contributed by atoms with Crippen LogP contribution >= 0.6 is 23.2 Å². The van der Waals surface area contributed by atoms with Crippen LogP contribution in [-0.4, -0.2) is 0 Å². The number of alkyl halides is 1. The van der Waals surface area contributed by atoms with E-state index in [0.29, 0.717) is 11.1 Å². The number of ether oxygens (including phenoxy) is 1. The molecule has 0 bridgehead atoms. The van der Waals surface area contributed by atoms with Crippen LogP contribution < -0.4 is 4.74 Å². The number of halogens is 5. The Morgan fingerprint density at radius 3 is 2.25 bits per heavy atom. The van der Waals surface area contributed by atoms with Crippen molar-refractivity contribution in [1.29, 1.82) is 0 Å². The van der Waals surface area contributed by atoms with Crippen molar-refractivity contribution < 1.29 is 17.9 Å². The molecule has 106 valence electrons. The van der Waals surface area contributed by atoms with Gasteiger partial charge in [-0.3, -0.25) is 0 Å². The molecule has 0 heterocycles. The van der Waals surface area contributed by atoms with Crippen LogP contribution in [0.4, 0.5) is 13.2 Å². The van der Waals surface area contributed by atoms with Gasteiger partial charge in [-0.15, -0.1) is 11.6 Å². The van der Waals surface area contributed by atoms with Gasteiger partial charge in [0.1, 0.15) is 12.4 Å². The van der Waals surface area contributed by atoms with Gasteiger partial charge in [0.2, 0.25) is 0 Å². The Balaban J connectivity index is 2.21. The van der Waals surface area contributed by atoms with Gasteiger partial charge in [0.15, 0.2) is 17.4 Å². The normalized spacial score (nSPS) is 10.7. The zero-order valence-corrected chi connectivity index (χ0v) is 11.6. The second-order valence-electron chi connectivity index (χ2n) is 4.02. The molecule has 0 radical (unpaired) electrons. The van der Waals surface area contributed by atoms with Crippen molar-refractivity contribution in [3.05, 3.63) is 63.9 Å². The highest BCUT2D eigenvalue weighted by Gasteiger charge is 2.14. The minimum absolute atomic E-state index is 0.0101. The fourth-order valence-electron chi connectivity index (χ4n) is 1.64. The maximum absolute atomic E-state index is 13.6. The van der Waals surface area contributed by atoms with Gasteiger partial charge in [-0.25, -0.2) is 13.2 Å². The predicted octanol–water partition coefficient (Wildman–Crippen LogP) is 5.08. The summed E-state index contributed by atoms with van der Waals surface area (Å²) in [5.74, 6) is -2.91. The minimum Gasteiger partial charge on any atom is -0.483 e. The fourth-order valence-corrected chi connectivity index (χ4v) is 1.97. The van der Waals surface area contributed by atoms with E-state index in [-0.39, 0.29) is 17.5 Å². The van der Waals surface area contributed by atoms with Gasteiger partial charge in [0.25, 0.3) is 0 Å². The van der Waals surface area contributed by atoms with Crippen LogP contribution in [0.15, 0.2) is 30.3 Å². The van der Waals surface area contributed by atoms with Crippen LogP contribution in [0.1, 0.15) is 11.1 Å². The molecule has 0 aliphatic carbocycles. The van der Waals surface area contributed by atoms with Gasteiger partial charge in [-0.1, -0.05) is 23.7 Å². The van der Waals surface area contributed by atoms with E-state index >= 15 is 0 Å². The predicted molar refractivity (Wildman–Crippen MR) is 71.7 cm³/mol. The monoisotopic (exact) mass is 320 g/mol. The topological polar surface area (TPSA) is 9.23 Å². The highest BCUT2D eigenvalue weighted by molar-refractivity contribution is 6.31. The van der Waals surface area contributed by atoms with Crippen LogP contribution in [0.3, 0.4) is 0 Å². The fraction of sp³-hybridized carbons (Fsp3) is 0.143. The zero-order chi connectivity index (χ0) is 14.7. The van der Waals surface area contributed by atoms with Gasteiger partial charge >= 0.3 is 0 Å². The number of hydrogen-bond acceptors (Lipinski definition) is 1. The van der Waals surface area contributed by atoms with Crippen LogP contribution in [-0.2, 0) is 12.5 Å². The summed E-state index contributed by atoms with van der Waals surface area (Å²) in [6.45, 7) is -0.245. The molecule has 0 N–H and O–H groups in total. The molecule has 0 saturated carbocycles. The highest BCUT2D eigenvalue weighted by Crippen LogP contribution is 2.27. The first-order chi connectivity index (χ1) is 9.52. The summed E-state index contributed by atoms with van der Waals surface area (Å²) >= 11 is 11.2. The molecule has 2 rings (SSSR count). The molecule has 0 atom stereocenters. The standard InChI is InChI=1S/C14H9Cl2F3O/c15-6-8-4-11(18)14(12(19)5-8)20-7-9-2-1-3-10(17)13(9)16/h1-5H,6-7H2. The third-order valence-corrected chi connectivity index (χ3v) is 3.35. The molecule has 6 heteroatoms. The van der Waals surface area contributed by atoms with E-state index in [0.717, 1.165) is 12.1 Å². The smallest absolute Gasteiger partial charge is 0.191 e. The van der Waals surface area contributed by atoms with Crippen LogP contribution in [0.25, 0.3) is 0 Å². The van der Waals surface area contributed by atoms with Crippen molar-refractivity contribution in [3.63, 3.8) is 0 Å². The number of benzene rings is 2. The Kier molecular flexibility index (Phi) is 4.78. The summed E-state index contributed by atoms with van der Waals surface area (Å²) < 4.78 is 45.6. The van der Waals surface area contributed by atoms with Gasteiger partial charge in [-0.05, 0) is 23.8 Å². The minimum atomic E-state index is -0.867. The molecular formula is C14H9Cl2F3O. The molecule has 0 amide bonds. The average molecular weight is 321 g/mol. The molecule has 1 nitrogen and oxygen atoms in total. The Morgan fingerprint density at radius 2 is 1.65 bits per heavy atom. The molecule has 0 fully saturated rings. The Bertz CT molecular complexity index is 609. The van der Waals surface area contributed by atoms with E-state index in [9.17, 15) is 13.2 Å². The average Bonchev–Trinajstić information content (AvgIpc) is 2.42. The summed E-state index contributed by atoms with van der Waals surface area (Å²) in [7, 11) is 0. The number of hydrogen-bond donors (Lipinski definition) is 0. The summed E-state index contributed by atoms with van der Waals surface area (Å²) in [5.41, 5.74) is 0.602. The lowest BCUT2D eigenvalue weighted by Gasteiger charge is -2.10. The molecule has 0 aliphatic rings. The Morgan fingerprint density at radius 1 is 1.00 bits per heavy atom. The van der Waals surface area contributed by atoms with E-state index in [1.54, 1.807) is 0 Å². The van der Waals surface area contributed by atoms with E-state index in [2.05, 4.69) is 0 Å². The number of rotatable bonds is 4. The molecule has 0 saturated heterocycles. The second kappa shape index (κ2) is 6.37. The van der Waals surface area contributed by atoms with Crippen molar-refractivity contribution in [2.45, 2.75) is 12.5 Å². The van der Waals surface area contributed by atoms with E-state index in [1.165, 1.54) is 18.2 Å². The molecular weight excluding hydrogens is 312 g/mol. The third-order valence-electron chi connectivity index (χ3n) is 2.62. The molecule has 20 heavy (non-hydrogen) atoms. The summed E-state index contributed by atoms with van der Waals surface area (Å²) in [6.07, 6.45) is 0. The maximum Gasteiger partial charge on any atom is 0.191 e. The van der Waals surface area contributed by atoms with E-state index in [1.807, 2.05) is 0 Å². The van der Waals surface area contributed by atoms with Gasteiger partial charge in [-0.2, -0.15) is 0 Å². The van der Waals surface area contributed by atoms with Crippen molar-refractivity contribution in [1.82, 2.24) is 0 Å². The zero-order valence-electron chi connectivity index (χ0n) is 10.1. The molecule has 0 unspecified atom stereocenters. The Hall–Kier alpha value is -1.39. The van der Waals surface area contributed by atoms with Crippen molar-refractivity contribution in [2.75, 3.05) is 0 Å². The van der Waals surface area contributed by atoms with Gasteiger partial charge in [0.05, 0.1) is 5.02 Å². The summed E-state index contributed by atoms with van der Waals surface area (Å²) in [5, 5.41) is -0.134. The molecule has 0 aromatic heterocycles. The molecule has 0 aliphatic heterocycles. The maximum atomic E-state index is 13.6. The first-order valence-corrected chi connectivity index (χ1v) is 6.53. The SMILES string of the molecule is Fc1cccc(COc2c(F)cc(CCl)cc2F)c1Cl. The van der Waals surface area contributed by atoms with Crippen LogP contribution in [0, 0.1) is 17.5 Å². The lowest BCUT2D eigenvalue weighted by molar-refractivity contribution is 0.273. The van der Waals surface area contributed by atoms with E-state index < -0.39 is 23.2 Å². The summed E-state index contributed by atoms with van der Waals surface area (Å²) in [6, 6.07) is 6.29. The van der Waals surface area contributed by atoms with Gasteiger partial charge in [0, 0.05) is 11.4 Å².